The molecule has 0 amide bonds. The van der Waals surface area contributed by atoms with Crippen LogP contribution in [-0.2, 0) is 11.3 Å². The van der Waals surface area contributed by atoms with Crippen molar-refractivity contribution in [3.63, 3.8) is 0 Å². The van der Waals surface area contributed by atoms with Crippen molar-refractivity contribution in [3.8, 4) is 0 Å². The van der Waals surface area contributed by atoms with E-state index in [0.717, 1.165) is 30.9 Å². The van der Waals surface area contributed by atoms with E-state index in [1.807, 2.05) is 19.9 Å². The molecular formula is C16H22N2O. The molecule has 0 saturated heterocycles. The number of ether oxygens (including phenoxy) is 1. The van der Waals surface area contributed by atoms with Crippen LogP contribution in [0.1, 0.15) is 25.1 Å². The molecule has 1 aromatic carbocycles. The third kappa shape index (κ3) is 3.75. The summed E-state index contributed by atoms with van der Waals surface area (Å²) in [6, 6.07) is 10.4. The fourth-order valence-electron chi connectivity index (χ4n) is 2.29. The van der Waals surface area contributed by atoms with Crippen LogP contribution in [0.2, 0.25) is 0 Å². The Morgan fingerprint density at radius 2 is 2.11 bits per heavy atom. The zero-order valence-corrected chi connectivity index (χ0v) is 11.9. The van der Waals surface area contributed by atoms with Crippen molar-refractivity contribution in [2.75, 3.05) is 13.2 Å². The largest absolute Gasteiger partial charge is 0.377 e. The zero-order chi connectivity index (χ0) is 13.7. The van der Waals surface area contributed by atoms with Gasteiger partial charge in [0.15, 0.2) is 0 Å². The Hall–Kier alpha value is -1.45. The number of para-hydroxylation sites is 1. The molecular weight excluding hydrogens is 236 g/mol. The van der Waals surface area contributed by atoms with Gasteiger partial charge in [-0.15, -0.1) is 0 Å². The predicted molar refractivity (Wildman–Crippen MR) is 79.3 cm³/mol. The van der Waals surface area contributed by atoms with Crippen LogP contribution in [0.25, 0.3) is 10.9 Å². The van der Waals surface area contributed by atoms with Gasteiger partial charge in [-0.25, -0.2) is 0 Å². The fourth-order valence-corrected chi connectivity index (χ4v) is 2.29. The summed E-state index contributed by atoms with van der Waals surface area (Å²) in [7, 11) is 0. The Morgan fingerprint density at radius 1 is 1.32 bits per heavy atom. The molecule has 0 aliphatic heterocycles. The molecule has 0 bridgehead atoms. The number of rotatable bonds is 6. The second kappa shape index (κ2) is 6.64. The van der Waals surface area contributed by atoms with Gasteiger partial charge in [0.1, 0.15) is 0 Å². The molecule has 1 atom stereocenters. The minimum absolute atomic E-state index is 0.249. The summed E-state index contributed by atoms with van der Waals surface area (Å²) >= 11 is 0. The number of hydrogen-bond donors (Lipinski definition) is 1. The molecule has 0 aliphatic rings. The van der Waals surface area contributed by atoms with Gasteiger partial charge in [-0.1, -0.05) is 18.2 Å². The Morgan fingerprint density at radius 3 is 2.89 bits per heavy atom. The van der Waals surface area contributed by atoms with Crippen LogP contribution in [0.4, 0.5) is 0 Å². The van der Waals surface area contributed by atoms with Gasteiger partial charge < -0.3 is 10.1 Å². The van der Waals surface area contributed by atoms with Crippen molar-refractivity contribution < 1.29 is 4.74 Å². The molecule has 0 fully saturated rings. The Balaban J connectivity index is 2.08. The molecule has 0 saturated carbocycles. The lowest BCUT2D eigenvalue weighted by atomic mass is 10.1. The summed E-state index contributed by atoms with van der Waals surface area (Å²) in [5, 5.41) is 4.68. The van der Waals surface area contributed by atoms with Crippen LogP contribution in [-0.4, -0.2) is 24.2 Å². The Kier molecular flexibility index (Phi) is 4.88. The number of aryl methyl sites for hydroxylation is 1. The first-order valence-electron chi connectivity index (χ1n) is 6.88. The smallest absolute Gasteiger partial charge is 0.0708 e. The number of pyridine rings is 1. The lowest BCUT2D eigenvalue weighted by Gasteiger charge is -2.13. The molecule has 0 aliphatic carbocycles. The van der Waals surface area contributed by atoms with E-state index in [4.69, 9.17) is 4.74 Å². The lowest BCUT2D eigenvalue weighted by Crippen LogP contribution is -2.26. The third-order valence-corrected chi connectivity index (χ3v) is 3.13. The van der Waals surface area contributed by atoms with Gasteiger partial charge in [0.2, 0.25) is 0 Å². The number of fused-ring (bicyclic) bond motifs is 1. The highest BCUT2D eigenvalue weighted by molar-refractivity contribution is 5.82. The number of aromatic nitrogens is 1. The van der Waals surface area contributed by atoms with Gasteiger partial charge in [-0.2, -0.15) is 0 Å². The van der Waals surface area contributed by atoms with Crippen molar-refractivity contribution in [2.45, 2.75) is 33.4 Å². The highest BCUT2D eigenvalue weighted by Gasteiger charge is 2.05. The first-order chi connectivity index (χ1) is 9.20. The summed E-state index contributed by atoms with van der Waals surface area (Å²) in [6.45, 7) is 8.63. The number of hydrogen-bond acceptors (Lipinski definition) is 3. The van der Waals surface area contributed by atoms with Gasteiger partial charge in [0.05, 0.1) is 11.6 Å². The predicted octanol–water partition coefficient (Wildman–Crippen LogP) is 3.06. The molecule has 3 nitrogen and oxygen atoms in total. The average Bonchev–Trinajstić information content (AvgIpc) is 2.38. The second-order valence-electron chi connectivity index (χ2n) is 4.84. The average molecular weight is 258 g/mol. The van der Waals surface area contributed by atoms with Crippen LogP contribution in [0.15, 0.2) is 30.3 Å². The van der Waals surface area contributed by atoms with E-state index in [2.05, 4.69) is 41.5 Å². The van der Waals surface area contributed by atoms with Crippen LogP contribution in [0, 0.1) is 6.92 Å². The fraction of sp³-hybridized carbons (Fsp3) is 0.438. The van der Waals surface area contributed by atoms with E-state index in [9.17, 15) is 0 Å². The molecule has 0 radical (unpaired) electrons. The van der Waals surface area contributed by atoms with E-state index in [1.165, 1.54) is 10.9 Å². The SMILES string of the molecule is CCOC(C)CNCc1cc(C)nc2ccccc12. The maximum atomic E-state index is 5.52. The normalized spacial score (nSPS) is 12.8. The van der Waals surface area contributed by atoms with Crippen molar-refractivity contribution in [3.05, 3.63) is 41.6 Å². The maximum absolute atomic E-state index is 5.52. The van der Waals surface area contributed by atoms with Crippen molar-refractivity contribution in [1.82, 2.24) is 10.3 Å². The minimum Gasteiger partial charge on any atom is -0.377 e. The first kappa shape index (κ1) is 14.0. The first-order valence-corrected chi connectivity index (χ1v) is 6.88. The maximum Gasteiger partial charge on any atom is 0.0708 e. The van der Waals surface area contributed by atoms with Crippen molar-refractivity contribution in [2.24, 2.45) is 0 Å². The Labute approximate surface area is 115 Å². The van der Waals surface area contributed by atoms with Crippen LogP contribution >= 0.6 is 0 Å². The second-order valence-corrected chi connectivity index (χ2v) is 4.84. The van der Waals surface area contributed by atoms with E-state index >= 15 is 0 Å². The summed E-state index contributed by atoms with van der Waals surface area (Å²) in [4.78, 5) is 4.56. The molecule has 2 rings (SSSR count). The summed E-state index contributed by atoms with van der Waals surface area (Å²) in [6.07, 6.45) is 0.249. The summed E-state index contributed by atoms with van der Waals surface area (Å²) in [5.74, 6) is 0. The standard InChI is InChI=1S/C16H22N2O/c1-4-19-13(3)10-17-11-14-9-12(2)18-16-8-6-5-7-15(14)16/h5-9,13,17H,4,10-11H2,1-3H3. The highest BCUT2D eigenvalue weighted by atomic mass is 16.5. The molecule has 1 aromatic heterocycles. The third-order valence-electron chi connectivity index (χ3n) is 3.13. The molecule has 19 heavy (non-hydrogen) atoms. The molecule has 2 aromatic rings. The Bertz CT molecular complexity index is 539. The van der Waals surface area contributed by atoms with E-state index < -0.39 is 0 Å². The zero-order valence-electron chi connectivity index (χ0n) is 11.9. The van der Waals surface area contributed by atoms with E-state index in [1.54, 1.807) is 0 Å². The van der Waals surface area contributed by atoms with Crippen LogP contribution in [0.5, 0.6) is 0 Å². The van der Waals surface area contributed by atoms with Crippen LogP contribution < -0.4 is 5.32 Å². The minimum atomic E-state index is 0.249. The molecule has 1 N–H and O–H groups in total. The lowest BCUT2D eigenvalue weighted by molar-refractivity contribution is 0.0759. The molecule has 0 spiro atoms. The topological polar surface area (TPSA) is 34.1 Å². The molecule has 102 valence electrons. The summed E-state index contributed by atoms with van der Waals surface area (Å²) in [5.41, 5.74) is 3.43. The van der Waals surface area contributed by atoms with Crippen molar-refractivity contribution in [1.29, 1.82) is 0 Å². The molecule has 3 heteroatoms. The number of benzene rings is 1. The van der Waals surface area contributed by atoms with Gasteiger partial charge in [0, 0.05) is 30.8 Å². The van der Waals surface area contributed by atoms with Crippen molar-refractivity contribution >= 4 is 10.9 Å². The van der Waals surface area contributed by atoms with E-state index in [-0.39, 0.29) is 6.10 Å². The number of nitrogens with zero attached hydrogens (tertiary/aromatic N) is 1. The molecule has 1 heterocycles. The number of nitrogens with one attached hydrogen (secondary N) is 1. The highest BCUT2D eigenvalue weighted by Crippen LogP contribution is 2.17. The van der Waals surface area contributed by atoms with E-state index in [0.29, 0.717) is 0 Å². The van der Waals surface area contributed by atoms with Gasteiger partial charge >= 0.3 is 0 Å². The quantitative estimate of drug-likeness (QED) is 0.864. The van der Waals surface area contributed by atoms with Gasteiger partial charge in [-0.05, 0) is 38.5 Å². The van der Waals surface area contributed by atoms with Gasteiger partial charge in [0.25, 0.3) is 0 Å². The molecule has 1 unspecified atom stereocenters. The van der Waals surface area contributed by atoms with Crippen LogP contribution in [0.3, 0.4) is 0 Å². The summed E-state index contributed by atoms with van der Waals surface area (Å²) < 4.78 is 5.52. The monoisotopic (exact) mass is 258 g/mol. The van der Waals surface area contributed by atoms with Gasteiger partial charge in [-0.3, -0.25) is 4.98 Å².